The molecule has 11 heteroatoms. The minimum absolute atomic E-state index is 0.00151. The third-order valence-electron chi connectivity index (χ3n) is 6.12. The SMILES string of the molecule is Cn1nnc2ccc(-c3ccc(C[C@@H](C#N)NC(=O)[C@@H]4CN(C(=O)OC(C)(C)C)CCCO4)c(F)c3)cc21. The molecule has 0 bridgehead atoms. The lowest BCUT2D eigenvalue weighted by Crippen LogP contribution is -2.48. The minimum Gasteiger partial charge on any atom is -0.444 e. The molecular formula is C27H31FN6O4. The minimum atomic E-state index is -0.985. The van der Waals surface area contributed by atoms with E-state index in [2.05, 4.69) is 15.6 Å². The molecular weight excluding hydrogens is 491 g/mol. The van der Waals surface area contributed by atoms with Crippen molar-refractivity contribution >= 4 is 23.0 Å². The standard InChI is InChI=1S/C27H31FN6O4/c1-27(2,3)38-26(36)34-10-5-11-37-24(16-34)25(35)30-20(15-29)12-19-7-6-17(13-21(19)28)18-8-9-22-23(14-18)33(4)32-31-22/h6-9,13-14,20,24H,5,10-12,16H2,1-4H3,(H,30,35)/t20-,24-/m0/s1. The predicted octanol–water partition coefficient (Wildman–Crippen LogP) is 3.35. The number of fused-ring (bicyclic) bond motifs is 1. The van der Waals surface area contributed by atoms with Crippen LogP contribution in [0.25, 0.3) is 22.2 Å². The van der Waals surface area contributed by atoms with E-state index in [1.807, 2.05) is 24.3 Å². The van der Waals surface area contributed by atoms with Gasteiger partial charge in [-0.15, -0.1) is 5.10 Å². The molecule has 0 saturated carbocycles. The number of halogens is 1. The molecule has 200 valence electrons. The van der Waals surface area contributed by atoms with Crippen molar-refractivity contribution in [3.8, 4) is 17.2 Å². The van der Waals surface area contributed by atoms with Crippen LogP contribution in [0.1, 0.15) is 32.8 Å². The van der Waals surface area contributed by atoms with Gasteiger partial charge in [-0.1, -0.05) is 23.4 Å². The molecule has 0 radical (unpaired) electrons. The highest BCUT2D eigenvalue weighted by Crippen LogP contribution is 2.25. The first-order valence-electron chi connectivity index (χ1n) is 12.4. The average molecular weight is 523 g/mol. The Morgan fingerprint density at radius 1 is 1.26 bits per heavy atom. The summed E-state index contributed by atoms with van der Waals surface area (Å²) >= 11 is 0. The summed E-state index contributed by atoms with van der Waals surface area (Å²) < 4.78 is 27.8. The molecule has 2 amide bonds. The average Bonchev–Trinajstić information content (AvgIpc) is 3.07. The van der Waals surface area contributed by atoms with Gasteiger partial charge in [0, 0.05) is 26.6 Å². The van der Waals surface area contributed by atoms with Gasteiger partial charge in [0.15, 0.2) is 6.10 Å². The summed E-state index contributed by atoms with van der Waals surface area (Å²) in [7, 11) is 1.79. The molecule has 2 heterocycles. The van der Waals surface area contributed by atoms with Crippen molar-refractivity contribution in [1.29, 1.82) is 5.26 Å². The molecule has 1 aliphatic heterocycles. The Balaban J connectivity index is 1.42. The fraction of sp³-hybridized carbons (Fsp3) is 0.444. The fourth-order valence-corrected chi connectivity index (χ4v) is 4.19. The van der Waals surface area contributed by atoms with E-state index in [1.54, 1.807) is 44.6 Å². The lowest BCUT2D eigenvalue weighted by atomic mass is 9.99. The molecule has 2 aromatic carbocycles. The number of carbonyl (C=O) groups excluding carboxylic acids is 2. The number of hydrogen-bond donors (Lipinski definition) is 1. The van der Waals surface area contributed by atoms with Gasteiger partial charge in [-0.05, 0) is 62.1 Å². The van der Waals surface area contributed by atoms with E-state index < -0.39 is 35.6 Å². The van der Waals surface area contributed by atoms with Crippen molar-refractivity contribution < 1.29 is 23.5 Å². The maximum atomic E-state index is 15.1. The maximum Gasteiger partial charge on any atom is 0.410 e. The maximum absolute atomic E-state index is 15.1. The number of nitrogens with zero attached hydrogens (tertiary/aromatic N) is 5. The monoisotopic (exact) mass is 522 g/mol. The summed E-state index contributed by atoms with van der Waals surface area (Å²) in [5.74, 6) is -1.02. The number of benzene rings is 2. The number of ether oxygens (including phenoxy) is 2. The van der Waals surface area contributed by atoms with Crippen LogP contribution in [0.5, 0.6) is 0 Å². The molecule has 10 nitrogen and oxygen atoms in total. The first-order valence-corrected chi connectivity index (χ1v) is 12.4. The molecule has 1 N–H and O–H groups in total. The van der Waals surface area contributed by atoms with E-state index in [4.69, 9.17) is 9.47 Å². The topological polar surface area (TPSA) is 122 Å². The van der Waals surface area contributed by atoms with Crippen LogP contribution in [-0.4, -0.2) is 69.3 Å². The van der Waals surface area contributed by atoms with Crippen LogP contribution in [0.2, 0.25) is 0 Å². The Labute approximate surface area is 220 Å². The lowest BCUT2D eigenvalue weighted by molar-refractivity contribution is -0.133. The van der Waals surface area contributed by atoms with Gasteiger partial charge in [0.25, 0.3) is 5.91 Å². The van der Waals surface area contributed by atoms with Crippen molar-refractivity contribution in [3.63, 3.8) is 0 Å². The number of hydrogen-bond acceptors (Lipinski definition) is 7. The van der Waals surface area contributed by atoms with E-state index in [-0.39, 0.29) is 19.6 Å². The summed E-state index contributed by atoms with van der Waals surface area (Å²) in [6.07, 6.45) is -0.975. The van der Waals surface area contributed by atoms with E-state index in [0.29, 0.717) is 24.1 Å². The van der Waals surface area contributed by atoms with Crippen LogP contribution in [0.3, 0.4) is 0 Å². The summed E-state index contributed by atoms with van der Waals surface area (Å²) in [5, 5.41) is 20.3. The van der Waals surface area contributed by atoms with Crippen LogP contribution in [0.15, 0.2) is 36.4 Å². The van der Waals surface area contributed by atoms with Crippen molar-refractivity contribution in [2.24, 2.45) is 7.05 Å². The lowest BCUT2D eigenvalue weighted by Gasteiger charge is -2.27. The highest BCUT2D eigenvalue weighted by molar-refractivity contribution is 5.83. The summed E-state index contributed by atoms with van der Waals surface area (Å²) in [6.45, 7) is 5.97. The van der Waals surface area contributed by atoms with Gasteiger partial charge in [-0.3, -0.25) is 4.79 Å². The van der Waals surface area contributed by atoms with Gasteiger partial charge in [0.1, 0.15) is 23.0 Å². The van der Waals surface area contributed by atoms with Gasteiger partial charge < -0.3 is 19.7 Å². The second kappa shape index (κ2) is 11.1. The van der Waals surface area contributed by atoms with Gasteiger partial charge in [-0.2, -0.15) is 5.26 Å². The molecule has 0 aliphatic carbocycles. The Morgan fingerprint density at radius 2 is 2.00 bits per heavy atom. The molecule has 2 atom stereocenters. The number of amides is 2. The second-order valence-electron chi connectivity index (χ2n) is 10.3. The molecule has 3 aromatic rings. The van der Waals surface area contributed by atoms with Gasteiger partial charge in [0.05, 0.1) is 18.1 Å². The number of aromatic nitrogens is 3. The van der Waals surface area contributed by atoms with Crippen LogP contribution in [0, 0.1) is 17.1 Å². The zero-order valence-electron chi connectivity index (χ0n) is 21.9. The van der Waals surface area contributed by atoms with E-state index in [0.717, 1.165) is 16.6 Å². The third kappa shape index (κ3) is 6.44. The quantitative estimate of drug-likeness (QED) is 0.545. The highest BCUT2D eigenvalue weighted by Gasteiger charge is 2.31. The van der Waals surface area contributed by atoms with Crippen molar-refractivity contribution in [2.45, 2.75) is 51.4 Å². The Hall–Kier alpha value is -4.04. The van der Waals surface area contributed by atoms with E-state index in [9.17, 15) is 14.9 Å². The zero-order valence-corrected chi connectivity index (χ0v) is 21.9. The molecule has 1 aromatic heterocycles. The molecule has 1 fully saturated rings. The number of rotatable bonds is 5. The van der Waals surface area contributed by atoms with Gasteiger partial charge >= 0.3 is 6.09 Å². The van der Waals surface area contributed by atoms with E-state index >= 15 is 4.39 Å². The number of aryl methyl sites for hydroxylation is 1. The molecule has 1 saturated heterocycles. The summed E-state index contributed by atoms with van der Waals surface area (Å²) in [4.78, 5) is 26.9. The number of nitrogens with one attached hydrogen (secondary N) is 1. The van der Waals surface area contributed by atoms with Crippen LogP contribution in [-0.2, 0) is 27.7 Å². The van der Waals surface area contributed by atoms with Gasteiger partial charge in [0.2, 0.25) is 0 Å². The molecule has 0 spiro atoms. The van der Waals surface area contributed by atoms with Crippen molar-refractivity contribution in [1.82, 2.24) is 25.2 Å². The van der Waals surface area contributed by atoms with Gasteiger partial charge in [-0.25, -0.2) is 13.9 Å². The zero-order chi connectivity index (χ0) is 27.4. The fourth-order valence-electron chi connectivity index (χ4n) is 4.19. The molecule has 4 rings (SSSR count). The Bertz CT molecular complexity index is 1380. The largest absolute Gasteiger partial charge is 0.444 e. The normalized spacial score (nSPS) is 16.9. The number of carbonyl (C=O) groups is 2. The van der Waals surface area contributed by atoms with Crippen molar-refractivity contribution in [3.05, 3.63) is 47.8 Å². The molecule has 1 aliphatic rings. The highest BCUT2D eigenvalue weighted by atomic mass is 19.1. The van der Waals surface area contributed by atoms with Crippen LogP contribution < -0.4 is 5.32 Å². The van der Waals surface area contributed by atoms with Crippen LogP contribution in [0.4, 0.5) is 9.18 Å². The first kappa shape index (κ1) is 27.0. The smallest absolute Gasteiger partial charge is 0.410 e. The van der Waals surface area contributed by atoms with Crippen molar-refractivity contribution in [2.75, 3.05) is 19.7 Å². The first-order chi connectivity index (χ1) is 18.0. The molecule has 38 heavy (non-hydrogen) atoms. The van der Waals surface area contributed by atoms with Crippen LogP contribution >= 0.6 is 0 Å². The predicted molar refractivity (Wildman–Crippen MR) is 137 cm³/mol. The Kier molecular flexibility index (Phi) is 7.92. The Morgan fingerprint density at radius 3 is 2.71 bits per heavy atom. The summed E-state index contributed by atoms with van der Waals surface area (Å²) in [5.41, 5.74) is 2.66. The van der Waals surface area contributed by atoms with E-state index in [1.165, 1.54) is 11.0 Å². The second-order valence-corrected chi connectivity index (χ2v) is 10.3. The third-order valence-corrected chi connectivity index (χ3v) is 6.12. The summed E-state index contributed by atoms with van der Waals surface area (Å²) in [6, 6.07) is 11.4. The molecule has 0 unspecified atom stereocenters. The number of nitriles is 1.